The number of aldehydes is 1. The fourth-order valence-corrected chi connectivity index (χ4v) is 0.611. The Kier molecular flexibility index (Phi) is 4.54. The molecule has 3 heteroatoms. The van der Waals surface area contributed by atoms with Crippen LogP contribution in [0, 0.1) is 0 Å². The maximum absolute atomic E-state index is 12.2. The molecule has 10 heavy (non-hydrogen) atoms. The van der Waals surface area contributed by atoms with Gasteiger partial charge in [-0.3, -0.25) is 4.79 Å². The highest BCUT2D eigenvalue weighted by Crippen LogP contribution is 1.95. The summed E-state index contributed by atoms with van der Waals surface area (Å²) in [6.07, 6.45) is 1.42. The summed E-state index contributed by atoms with van der Waals surface area (Å²) < 4.78 is 12.2. The van der Waals surface area contributed by atoms with Gasteiger partial charge >= 0.3 is 0 Å². The lowest BCUT2D eigenvalue weighted by molar-refractivity contribution is -0.106. The first-order valence-corrected chi connectivity index (χ1v) is 3.31. The van der Waals surface area contributed by atoms with E-state index >= 15 is 0 Å². The van der Waals surface area contributed by atoms with E-state index in [9.17, 15) is 9.18 Å². The Morgan fingerprint density at radius 3 is 2.30 bits per heavy atom. The highest BCUT2D eigenvalue weighted by atomic mass is 19.1. The highest BCUT2D eigenvalue weighted by Gasteiger charge is 1.94. The average molecular weight is 145 g/mol. The van der Waals surface area contributed by atoms with Crippen molar-refractivity contribution in [3.05, 3.63) is 12.0 Å². The Hall–Kier alpha value is -0.860. The van der Waals surface area contributed by atoms with Crippen LogP contribution in [0.3, 0.4) is 0 Å². The number of carbonyl (C=O) groups excluding carboxylic acids is 1. The molecule has 0 spiro atoms. The topological polar surface area (TPSA) is 20.3 Å². The van der Waals surface area contributed by atoms with Gasteiger partial charge in [0.25, 0.3) is 0 Å². The van der Waals surface area contributed by atoms with Crippen LogP contribution in [0.5, 0.6) is 0 Å². The second-order valence-corrected chi connectivity index (χ2v) is 1.85. The largest absolute Gasteiger partial charge is 0.375 e. The molecular weight excluding hydrogens is 133 g/mol. The van der Waals surface area contributed by atoms with E-state index in [1.165, 1.54) is 6.20 Å². The third kappa shape index (κ3) is 3.22. The molecule has 0 heterocycles. The van der Waals surface area contributed by atoms with Crippen LogP contribution in [-0.4, -0.2) is 24.3 Å². The van der Waals surface area contributed by atoms with Crippen LogP contribution in [0.4, 0.5) is 4.39 Å². The second kappa shape index (κ2) is 4.97. The SMILES string of the molecule is CCN(/C=C(\F)C=O)CC. The molecule has 0 aromatic heterocycles. The predicted molar refractivity (Wildman–Crippen MR) is 38.2 cm³/mol. The normalized spacial score (nSPS) is 11.3. The number of nitrogens with zero attached hydrogens (tertiary/aromatic N) is 1. The number of hydrogen-bond donors (Lipinski definition) is 0. The summed E-state index contributed by atoms with van der Waals surface area (Å²) >= 11 is 0. The van der Waals surface area contributed by atoms with Gasteiger partial charge in [-0.05, 0) is 13.8 Å². The monoisotopic (exact) mass is 145 g/mol. The predicted octanol–water partition coefficient (Wildman–Crippen LogP) is 1.34. The minimum Gasteiger partial charge on any atom is -0.375 e. The molecule has 2 nitrogen and oxygen atoms in total. The number of hydrogen-bond acceptors (Lipinski definition) is 2. The summed E-state index contributed by atoms with van der Waals surface area (Å²) in [4.78, 5) is 11.5. The van der Waals surface area contributed by atoms with Crippen molar-refractivity contribution in [2.24, 2.45) is 0 Å². The van der Waals surface area contributed by atoms with Crippen molar-refractivity contribution in [1.29, 1.82) is 0 Å². The minimum atomic E-state index is -0.719. The summed E-state index contributed by atoms with van der Waals surface area (Å²) in [6, 6.07) is 0. The second-order valence-electron chi connectivity index (χ2n) is 1.85. The van der Waals surface area contributed by atoms with E-state index in [0.29, 0.717) is 0 Å². The maximum Gasteiger partial charge on any atom is 0.179 e. The summed E-state index contributed by atoms with van der Waals surface area (Å²) in [6.45, 7) is 5.24. The smallest absolute Gasteiger partial charge is 0.179 e. The Bertz CT molecular complexity index is 130. The van der Waals surface area contributed by atoms with Crippen LogP contribution in [-0.2, 0) is 4.79 Å². The first kappa shape index (κ1) is 9.14. The quantitative estimate of drug-likeness (QED) is 0.439. The maximum atomic E-state index is 12.2. The Morgan fingerprint density at radius 2 is 2.00 bits per heavy atom. The van der Waals surface area contributed by atoms with Crippen molar-refractivity contribution in [1.82, 2.24) is 4.90 Å². The van der Waals surface area contributed by atoms with Crippen molar-refractivity contribution in [2.75, 3.05) is 13.1 Å². The number of carbonyl (C=O) groups is 1. The van der Waals surface area contributed by atoms with E-state index in [4.69, 9.17) is 0 Å². The van der Waals surface area contributed by atoms with Gasteiger partial charge in [0.05, 0.1) is 0 Å². The molecule has 0 aliphatic carbocycles. The molecule has 0 radical (unpaired) electrons. The zero-order valence-electron chi connectivity index (χ0n) is 6.30. The standard InChI is InChI=1S/C7H12FNO/c1-3-9(4-2)5-7(8)6-10/h5-6H,3-4H2,1-2H3/b7-5-. The lowest BCUT2D eigenvalue weighted by Gasteiger charge is -2.13. The highest BCUT2D eigenvalue weighted by molar-refractivity contribution is 5.69. The van der Waals surface area contributed by atoms with Gasteiger partial charge in [0, 0.05) is 19.3 Å². The molecule has 0 rings (SSSR count). The number of halogens is 1. The summed E-state index contributed by atoms with van der Waals surface area (Å²) in [5.41, 5.74) is 0. The van der Waals surface area contributed by atoms with Crippen molar-refractivity contribution < 1.29 is 9.18 Å². The van der Waals surface area contributed by atoms with E-state index in [2.05, 4.69) is 0 Å². The van der Waals surface area contributed by atoms with Crippen molar-refractivity contribution in [3.63, 3.8) is 0 Å². The summed E-state index contributed by atoms with van der Waals surface area (Å²) in [7, 11) is 0. The molecule has 0 bridgehead atoms. The first-order valence-electron chi connectivity index (χ1n) is 3.31. The molecule has 0 atom stereocenters. The third-order valence-electron chi connectivity index (χ3n) is 1.23. The number of allylic oxidation sites excluding steroid dienone is 1. The number of rotatable bonds is 4. The van der Waals surface area contributed by atoms with Gasteiger partial charge in [0.15, 0.2) is 12.1 Å². The first-order chi connectivity index (χ1) is 4.74. The molecule has 0 aromatic carbocycles. The zero-order chi connectivity index (χ0) is 7.98. The molecule has 0 fully saturated rings. The van der Waals surface area contributed by atoms with Crippen LogP contribution in [0.25, 0.3) is 0 Å². The molecule has 0 aliphatic heterocycles. The van der Waals surface area contributed by atoms with Gasteiger partial charge in [-0.1, -0.05) is 0 Å². The van der Waals surface area contributed by atoms with Gasteiger partial charge in [0.1, 0.15) is 0 Å². The van der Waals surface area contributed by atoms with Crippen molar-refractivity contribution in [3.8, 4) is 0 Å². The van der Waals surface area contributed by atoms with Gasteiger partial charge in [-0.15, -0.1) is 0 Å². The van der Waals surface area contributed by atoms with Crippen LogP contribution < -0.4 is 0 Å². The third-order valence-corrected chi connectivity index (χ3v) is 1.23. The Morgan fingerprint density at radius 1 is 1.50 bits per heavy atom. The van der Waals surface area contributed by atoms with E-state index < -0.39 is 5.83 Å². The molecule has 0 aromatic rings. The van der Waals surface area contributed by atoms with Crippen LogP contribution in [0.2, 0.25) is 0 Å². The summed E-state index contributed by atoms with van der Waals surface area (Å²) in [5, 5.41) is 0. The van der Waals surface area contributed by atoms with Gasteiger partial charge in [-0.25, -0.2) is 4.39 Å². The average Bonchev–Trinajstić information content (AvgIpc) is 1.99. The van der Waals surface area contributed by atoms with Crippen molar-refractivity contribution in [2.45, 2.75) is 13.8 Å². The Balaban J connectivity index is 3.92. The Labute approximate surface area is 60.3 Å². The molecule has 0 N–H and O–H groups in total. The zero-order valence-corrected chi connectivity index (χ0v) is 6.30. The summed E-state index contributed by atoms with van der Waals surface area (Å²) in [5.74, 6) is -0.719. The van der Waals surface area contributed by atoms with E-state index in [1.54, 1.807) is 4.90 Å². The van der Waals surface area contributed by atoms with Crippen LogP contribution >= 0.6 is 0 Å². The van der Waals surface area contributed by atoms with Crippen LogP contribution in [0.15, 0.2) is 12.0 Å². The molecule has 0 amide bonds. The molecule has 0 saturated carbocycles. The molecule has 0 saturated heterocycles. The minimum absolute atomic E-state index is 0.207. The van der Waals surface area contributed by atoms with Gasteiger partial charge in [-0.2, -0.15) is 0 Å². The van der Waals surface area contributed by atoms with Crippen molar-refractivity contribution >= 4 is 6.29 Å². The molecule has 58 valence electrons. The van der Waals surface area contributed by atoms with Gasteiger partial charge in [0.2, 0.25) is 0 Å². The van der Waals surface area contributed by atoms with E-state index in [-0.39, 0.29) is 6.29 Å². The van der Waals surface area contributed by atoms with E-state index in [1.807, 2.05) is 13.8 Å². The van der Waals surface area contributed by atoms with E-state index in [0.717, 1.165) is 13.1 Å². The fraction of sp³-hybridized carbons (Fsp3) is 0.571. The lowest BCUT2D eigenvalue weighted by Crippen LogP contribution is -2.15. The lowest BCUT2D eigenvalue weighted by atomic mass is 10.5. The molecule has 0 unspecified atom stereocenters. The fourth-order valence-electron chi connectivity index (χ4n) is 0.611. The molecule has 0 aliphatic rings. The van der Waals surface area contributed by atoms with Crippen LogP contribution in [0.1, 0.15) is 13.8 Å². The molecular formula is C7H12FNO. The van der Waals surface area contributed by atoms with Gasteiger partial charge < -0.3 is 4.90 Å².